The summed E-state index contributed by atoms with van der Waals surface area (Å²) in [6, 6.07) is 8.47. The lowest BCUT2D eigenvalue weighted by atomic mass is 9.69. The molecule has 5 rings (SSSR count). The Hall–Kier alpha value is -2.22. The van der Waals surface area contributed by atoms with Crippen LogP contribution in [0.4, 0.5) is 0 Å². The van der Waals surface area contributed by atoms with E-state index in [-0.39, 0.29) is 17.9 Å². The van der Waals surface area contributed by atoms with Crippen LogP contribution in [0.1, 0.15) is 27.9 Å². The number of halogens is 1. The average Bonchev–Trinajstić information content (AvgIpc) is 3.09. The van der Waals surface area contributed by atoms with E-state index >= 15 is 0 Å². The molecule has 1 aliphatic carbocycles. The van der Waals surface area contributed by atoms with Crippen molar-refractivity contribution in [3.63, 3.8) is 0 Å². The van der Waals surface area contributed by atoms with E-state index in [0.717, 1.165) is 23.9 Å². The summed E-state index contributed by atoms with van der Waals surface area (Å²) in [5.74, 6) is -0.174. The van der Waals surface area contributed by atoms with E-state index < -0.39 is 5.60 Å². The number of carbonyl (C=O) groups excluding carboxylic acids is 1. The number of carbonyl (C=O) groups is 1. The number of hydrogen-bond donors (Lipinski definition) is 0. The van der Waals surface area contributed by atoms with Crippen molar-refractivity contribution in [2.45, 2.75) is 24.5 Å². The van der Waals surface area contributed by atoms with Crippen LogP contribution in [-0.2, 0) is 28.5 Å². The lowest BCUT2D eigenvalue weighted by Crippen LogP contribution is -2.59. The molecule has 3 heterocycles. The zero-order valence-corrected chi connectivity index (χ0v) is 19.6. The topological polar surface area (TPSA) is 56.6 Å². The zero-order valence-electron chi connectivity index (χ0n) is 18.0. The number of likely N-dealkylation sites (N-methyl/N-ethyl adjacent to an activating group) is 1. The van der Waals surface area contributed by atoms with Gasteiger partial charge in [0, 0.05) is 66.6 Å². The van der Waals surface area contributed by atoms with E-state index in [1.165, 1.54) is 28.2 Å². The summed E-state index contributed by atoms with van der Waals surface area (Å²) in [6.07, 6.45) is 7.20. The maximum atomic E-state index is 12.5. The largest absolute Gasteiger partial charge is 0.462 e. The first-order valence-electron chi connectivity index (χ1n) is 10.5. The molecule has 0 saturated carbocycles. The number of pyridine rings is 1. The van der Waals surface area contributed by atoms with Crippen LogP contribution in [-0.4, -0.2) is 53.8 Å². The number of esters is 1. The molecule has 1 aliphatic heterocycles. The standard InChI is InChI=1S/C24H26BrN3O3/c1-27-13-17-8-21-24(30-3,19-5-4-6-20(27)22(17)19)9-15(12-28(21)2)14-31-23(29)16-7-18(25)11-26-10-16/h4-7,10-11,13,15,21H,8-9,12,14H2,1-3H3/t15-,21+,24-/m1/s1. The summed E-state index contributed by atoms with van der Waals surface area (Å²) in [7, 11) is 6.07. The van der Waals surface area contributed by atoms with Crippen LogP contribution in [0.3, 0.4) is 0 Å². The van der Waals surface area contributed by atoms with Gasteiger partial charge in [-0.25, -0.2) is 4.79 Å². The Morgan fingerprint density at radius 1 is 1.32 bits per heavy atom. The third kappa shape index (κ3) is 3.30. The monoisotopic (exact) mass is 483 g/mol. The molecule has 3 aromatic rings. The SMILES string of the molecule is CO[C@@]12C[C@@H](COC(=O)c3cncc(Br)c3)CN(C)[C@H]1Cc1cn(C)c3cccc2c13. The molecule has 6 nitrogen and oxygen atoms in total. The second-order valence-corrected chi connectivity index (χ2v) is 9.69. The summed E-state index contributed by atoms with van der Waals surface area (Å²) < 4.78 is 15.0. The number of benzene rings is 1. The number of aromatic nitrogens is 2. The Labute approximate surface area is 190 Å². The zero-order chi connectivity index (χ0) is 21.8. The van der Waals surface area contributed by atoms with Crippen LogP contribution < -0.4 is 0 Å². The quantitative estimate of drug-likeness (QED) is 0.526. The molecular formula is C24H26BrN3O3. The van der Waals surface area contributed by atoms with Crippen LogP contribution in [0.5, 0.6) is 0 Å². The smallest absolute Gasteiger partial charge is 0.339 e. The van der Waals surface area contributed by atoms with Gasteiger partial charge in [0.2, 0.25) is 0 Å². The van der Waals surface area contributed by atoms with Crippen molar-refractivity contribution >= 4 is 32.8 Å². The highest BCUT2D eigenvalue weighted by Crippen LogP contribution is 2.49. The molecule has 0 N–H and O–H groups in total. The van der Waals surface area contributed by atoms with Crippen molar-refractivity contribution in [1.82, 2.24) is 14.5 Å². The molecule has 0 amide bonds. The van der Waals surface area contributed by atoms with E-state index in [2.05, 4.69) is 68.9 Å². The lowest BCUT2D eigenvalue weighted by molar-refractivity contribution is -0.131. The molecule has 2 aromatic heterocycles. The molecule has 0 spiro atoms. The van der Waals surface area contributed by atoms with Gasteiger partial charge in [-0.3, -0.25) is 9.88 Å². The van der Waals surface area contributed by atoms with Crippen LogP contribution in [0.2, 0.25) is 0 Å². The molecule has 7 heteroatoms. The molecular weight excluding hydrogens is 458 g/mol. The molecule has 2 aliphatic rings. The third-order valence-electron chi connectivity index (χ3n) is 6.93. The first-order chi connectivity index (χ1) is 14.9. The van der Waals surface area contributed by atoms with Crippen molar-refractivity contribution < 1.29 is 14.3 Å². The predicted octanol–water partition coefficient (Wildman–Crippen LogP) is 3.91. The molecule has 0 radical (unpaired) electrons. The van der Waals surface area contributed by atoms with Crippen LogP contribution >= 0.6 is 15.9 Å². The van der Waals surface area contributed by atoms with E-state index in [1.54, 1.807) is 12.3 Å². The van der Waals surface area contributed by atoms with Crippen molar-refractivity contribution in [3.8, 4) is 0 Å². The minimum atomic E-state index is -0.421. The van der Waals surface area contributed by atoms with Crippen LogP contribution in [0.15, 0.2) is 47.3 Å². The van der Waals surface area contributed by atoms with Gasteiger partial charge in [-0.1, -0.05) is 12.1 Å². The molecule has 162 valence electrons. The Kier molecular flexibility index (Phi) is 5.15. The highest BCUT2D eigenvalue weighted by atomic mass is 79.9. The van der Waals surface area contributed by atoms with Gasteiger partial charge in [-0.05, 0) is 59.1 Å². The summed E-state index contributed by atoms with van der Waals surface area (Å²) >= 11 is 3.35. The fourth-order valence-corrected chi connectivity index (χ4v) is 5.99. The number of methoxy groups -OCH3 is 1. The Balaban J connectivity index is 1.44. The highest BCUT2D eigenvalue weighted by Gasteiger charge is 2.51. The lowest BCUT2D eigenvalue weighted by Gasteiger charge is -2.53. The first kappa shape index (κ1) is 20.7. The summed E-state index contributed by atoms with van der Waals surface area (Å²) in [5, 5.41) is 1.31. The van der Waals surface area contributed by atoms with Crippen LogP contribution in [0, 0.1) is 5.92 Å². The fraction of sp³-hybridized carbons (Fsp3) is 0.417. The maximum Gasteiger partial charge on any atom is 0.339 e. The van der Waals surface area contributed by atoms with E-state index in [0.29, 0.717) is 12.2 Å². The minimum absolute atomic E-state index is 0.172. The number of hydrogen-bond acceptors (Lipinski definition) is 5. The molecule has 1 fully saturated rings. The summed E-state index contributed by atoms with van der Waals surface area (Å²) in [6.45, 7) is 1.21. The second kappa shape index (κ2) is 7.73. The van der Waals surface area contributed by atoms with Gasteiger partial charge in [0.25, 0.3) is 0 Å². The maximum absolute atomic E-state index is 12.5. The van der Waals surface area contributed by atoms with Gasteiger partial charge in [0.05, 0.1) is 12.2 Å². The van der Waals surface area contributed by atoms with Gasteiger partial charge < -0.3 is 14.0 Å². The summed E-state index contributed by atoms with van der Waals surface area (Å²) in [4.78, 5) is 19.0. The van der Waals surface area contributed by atoms with Gasteiger partial charge in [-0.2, -0.15) is 0 Å². The molecule has 31 heavy (non-hydrogen) atoms. The van der Waals surface area contributed by atoms with Crippen molar-refractivity contribution in [2.75, 3.05) is 27.3 Å². The number of fused-ring (bicyclic) bond motifs is 2. The van der Waals surface area contributed by atoms with Crippen LogP contribution in [0.25, 0.3) is 10.9 Å². The van der Waals surface area contributed by atoms with E-state index in [9.17, 15) is 4.79 Å². The second-order valence-electron chi connectivity index (χ2n) is 8.78. The number of nitrogens with zero attached hydrogens (tertiary/aromatic N) is 3. The Morgan fingerprint density at radius 3 is 2.94 bits per heavy atom. The number of rotatable bonds is 4. The van der Waals surface area contributed by atoms with Gasteiger partial charge in [-0.15, -0.1) is 0 Å². The van der Waals surface area contributed by atoms with Crippen molar-refractivity contribution in [2.24, 2.45) is 13.0 Å². The van der Waals surface area contributed by atoms with Crippen molar-refractivity contribution in [1.29, 1.82) is 0 Å². The molecule has 1 aromatic carbocycles. The molecule has 1 saturated heterocycles. The molecule has 0 unspecified atom stereocenters. The number of aryl methyl sites for hydroxylation is 1. The Morgan fingerprint density at radius 2 is 2.16 bits per heavy atom. The number of likely N-dealkylation sites (tertiary alicyclic amines) is 1. The van der Waals surface area contributed by atoms with E-state index in [1.807, 2.05) is 7.11 Å². The normalized spacial score (nSPS) is 25.4. The fourth-order valence-electron chi connectivity index (χ4n) is 5.63. The first-order valence-corrected chi connectivity index (χ1v) is 11.3. The minimum Gasteiger partial charge on any atom is -0.462 e. The predicted molar refractivity (Wildman–Crippen MR) is 122 cm³/mol. The van der Waals surface area contributed by atoms with Crippen molar-refractivity contribution in [3.05, 3.63) is 64.0 Å². The highest BCUT2D eigenvalue weighted by molar-refractivity contribution is 9.10. The van der Waals surface area contributed by atoms with E-state index in [4.69, 9.17) is 9.47 Å². The van der Waals surface area contributed by atoms with Gasteiger partial charge in [0.15, 0.2) is 0 Å². The number of ether oxygens (including phenoxy) is 2. The van der Waals surface area contributed by atoms with Gasteiger partial charge >= 0.3 is 5.97 Å². The Bertz CT molecular complexity index is 1160. The third-order valence-corrected chi connectivity index (χ3v) is 7.36. The molecule has 0 bridgehead atoms. The average molecular weight is 484 g/mol. The summed E-state index contributed by atoms with van der Waals surface area (Å²) in [5.41, 5.74) is 3.90. The van der Waals surface area contributed by atoms with Gasteiger partial charge in [0.1, 0.15) is 5.60 Å². The number of piperidine rings is 1. The molecule has 3 atom stereocenters.